The van der Waals surface area contributed by atoms with Crippen LogP contribution in [-0.2, 0) is 4.79 Å². The lowest BCUT2D eigenvalue weighted by atomic mass is 10.1. The summed E-state index contributed by atoms with van der Waals surface area (Å²) < 4.78 is 1.50. The predicted molar refractivity (Wildman–Crippen MR) is 58.7 cm³/mol. The molecule has 84 valence electrons. The van der Waals surface area contributed by atoms with Gasteiger partial charge in [0.05, 0.1) is 12.1 Å². The van der Waals surface area contributed by atoms with Crippen molar-refractivity contribution in [2.75, 3.05) is 0 Å². The number of aromatic nitrogens is 3. The number of imidazole rings is 1. The van der Waals surface area contributed by atoms with Crippen LogP contribution in [0, 0.1) is 0 Å². The first-order chi connectivity index (χ1) is 7.59. The number of carboxylic acid groups (broad SMARTS) is 1. The van der Waals surface area contributed by atoms with E-state index in [1.165, 1.54) is 4.52 Å². The van der Waals surface area contributed by atoms with Gasteiger partial charge in [-0.2, -0.15) is 5.10 Å². The minimum Gasteiger partial charge on any atom is -0.481 e. The normalized spacial score (nSPS) is 12.9. The molecule has 0 aliphatic rings. The van der Waals surface area contributed by atoms with Crippen LogP contribution in [0.1, 0.15) is 25.0 Å². The second kappa shape index (κ2) is 4.09. The summed E-state index contributed by atoms with van der Waals surface area (Å²) in [5.74, 6) is -1.10. The second-order valence-electron chi connectivity index (χ2n) is 3.58. The Labute approximate surface area is 96.7 Å². The molecule has 1 N–H and O–H groups in total. The zero-order valence-electron chi connectivity index (χ0n) is 8.59. The lowest BCUT2D eigenvalue weighted by Crippen LogP contribution is -2.03. The molecule has 2 aromatic rings. The van der Waals surface area contributed by atoms with Crippen molar-refractivity contribution in [3.8, 4) is 0 Å². The maximum atomic E-state index is 10.6. The smallest absolute Gasteiger partial charge is 0.304 e. The van der Waals surface area contributed by atoms with E-state index in [0.717, 1.165) is 0 Å². The highest BCUT2D eigenvalue weighted by Crippen LogP contribution is 2.26. The fraction of sp³-hybridized carbons (Fsp3) is 0.300. The third-order valence-corrected chi connectivity index (χ3v) is 2.66. The van der Waals surface area contributed by atoms with Gasteiger partial charge in [0.25, 0.3) is 0 Å². The molecule has 1 unspecified atom stereocenters. The van der Waals surface area contributed by atoms with Gasteiger partial charge in [0.15, 0.2) is 10.8 Å². The molecule has 0 aliphatic carbocycles. The third kappa shape index (κ3) is 1.86. The zero-order valence-corrected chi connectivity index (χ0v) is 9.35. The van der Waals surface area contributed by atoms with Crippen LogP contribution in [0.4, 0.5) is 0 Å². The van der Waals surface area contributed by atoms with Gasteiger partial charge in [0.2, 0.25) is 0 Å². The summed E-state index contributed by atoms with van der Waals surface area (Å²) in [5, 5.41) is 13.1. The largest absolute Gasteiger partial charge is 0.481 e. The summed E-state index contributed by atoms with van der Waals surface area (Å²) in [5.41, 5.74) is 1.20. The molecular weight excluding hydrogens is 230 g/mol. The van der Waals surface area contributed by atoms with Crippen LogP contribution in [0.2, 0.25) is 5.15 Å². The highest BCUT2D eigenvalue weighted by molar-refractivity contribution is 6.30. The van der Waals surface area contributed by atoms with E-state index < -0.39 is 5.97 Å². The molecule has 0 radical (unpaired) electrons. The standard InChI is InChI=1S/C10H10ClN3O2/c1-6(5-8(15)16)9-10(11)14-7(13-9)3-2-4-12-14/h2-4,6H,5H2,1H3,(H,15,16). The molecule has 1 atom stereocenters. The number of rotatable bonds is 3. The molecule has 2 heterocycles. The van der Waals surface area contributed by atoms with Crippen molar-refractivity contribution in [2.45, 2.75) is 19.3 Å². The molecule has 0 bridgehead atoms. The monoisotopic (exact) mass is 239 g/mol. The molecule has 0 aliphatic heterocycles. The topological polar surface area (TPSA) is 67.5 Å². The minimum absolute atomic E-state index is 0.00357. The first kappa shape index (κ1) is 10.9. The van der Waals surface area contributed by atoms with E-state index in [4.69, 9.17) is 16.7 Å². The fourth-order valence-corrected chi connectivity index (χ4v) is 1.91. The SMILES string of the molecule is CC(CC(=O)O)c1nc2cccnn2c1Cl. The predicted octanol–water partition coefficient (Wildman–Crippen LogP) is 1.96. The molecule has 16 heavy (non-hydrogen) atoms. The Bertz CT molecular complexity index is 538. The van der Waals surface area contributed by atoms with E-state index in [9.17, 15) is 4.79 Å². The van der Waals surface area contributed by atoms with Crippen molar-refractivity contribution < 1.29 is 9.90 Å². The molecule has 6 heteroatoms. The number of hydrogen-bond acceptors (Lipinski definition) is 3. The highest BCUT2D eigenvalue weighted by atomic mass is 35.5. The molecule has 0 saturated carbocycles. The summed E-state index contributed by atoms with van der Waals surface area (Å²) in [7, 11) is 0. The maximum absolute atomic E-state index is 10.6. The Kier molecular flexibility index (Phi) is 2.78. The first-order valence-corrected chi connectivity index (χ1v) is 5.18. The number of nitrogens with zero attached hydrogens (tertiary/aromatic N) is 3. The molecule has 2 aromatic heterocycles. The van der Waals surface area contributed by atoms with Crippen molar-refractivity contribution >= 4 is 23.2 Å². The Balaban J connectivity index is 2.45. The summed E-state index contributed by atoms with van der Waals surface area (Å²) >= 11 is 6.08. The Morgan fingerprint density at radius 1 is 1.69 bits per heavy atom. The van der Waals surface area contributed by atoms with E-state index in [0.29, 0.717) is 16.5 Å². The van der Waals surface area contributed by atoms with Gasteiger partial charge in [-0.15, -0.1) is 0 Å². The van der Waals surface area contributed by atoms with Crippen molar-refractivity contribution in [3.63, 3.8) is 0 Å². The second-order valence-corrected chi connectivity index (χ2v) is 3.94. The number of halogens is 1. The highest BCUT2D eigenvalue weighted by Gasteiger charge is 2.19. The van der Waals surface area contributed by atoms with Crippen LogP contribution in [0.3, 0.4) is 0 Å². The fourth-order valence-electron chi connectivity index (χ4n) is 1.55. The summed E-state index contributed by atoms with van der Waals surface area (Å²) in [6.45, 7) is 1.78. The number of hydrogen-bond donors (Lipinski definition) is 1. The van der Waals surface area contributed by atoms with Crippen molar-refractivity contribution in [1.29, 1.82) is 0 Å². The number of carboxylic acids is 1. The summed E-state index contributed by atoms with van der Waals surface area (Å²) in [4.78, 5) is 14.9. The number of carbonyl (C=O) groups is 1. The van der Waals surface area contributed by atoms with Gasteiger partial charge < -0.3 is 5.11 Å². The van der Waals surface area contributed by atoms with Gasteiger partial charge in [-0.1, -0.05) is 18.5 Å². The van der Waals surface area contributed by atoms with Gasteiger partial charge in [-0.25, -0.2) is 9.50 Å². The van der Waals surface area contributed by atoms with Crippen LogP contribution in [0.5, 0.6) is 0 Å². The quantitative estimate of drug-likeness (QED) is 0.889. The summed E-state index contributed by atoms with van der Waals surface area (Å²) in [6.07, 6.45) is 1.61. The van der Waals surface area contributed by atoms with Gasteiger partial charge in [-0.05, 0) is 12.1 Å². The Morgan fingerprint density at radius 2 is 2.44 bits per heavy atom. The van der Waals surface area contributed by atoms with Crippen LogP contribution >= 0.6 is 11.6 Å². The molecule has 0 fully saturated rings. The third-order valence-electron chi connectivity index (χ3n) is 2.31. The lowest BCUT2D eigenvalue weighted by Gasteiger charge is -2.04. The molecule has 2 rings (SSSR count). The van der Waals surface area contributed by atoms with Gasteiger partial charge >= 0.3 is 5.97 Å². The average molecular weight is 240 g/mol. The van der Waals surface area contributed by atoms with E-state index in [1.54, 1.807) is 25.3 Å². The molecular formula is C10H10ClN3O2. The molecule has 0 aromatic carbocycles. The van der Waals surface area contributed by atoms with Gasteiger partial charge in [0.1, 0.15) is 0 Å². The van der Waals surface area contributed by atoms with Crippen molar-refractivity contribution in [2.24, 2.45) is 0 Å². The average Bonchev–Trinajstić information content (AvgIpc) is 2.56. The van der Waals surface area contributed by atoms with E-state index in [-0.39, 0.29) is 12.3 Å². The first-order valence-electron chi connectivity index (χ1n) is 4.80. The van der Waals surface area contributed by atoms with Gasteiger partial charge in [0, 0.05) is 12.1 Å². The van der Waals surface area contributed by atoms with Crippen LogP contribution < -0.4 is 0 Å². The maximum Gasteiger partial charge on any atom is 0.304 e. The summed E-state index contributed by atoms with van der Waals surface area (Å²) in [6, 6.07) is 3.53. The molecule has 0 saturated heterocycles. The molecule has 5 nitrogen and oxygen atoms in total. The van der Waals surface area contributed by atoms with Gasteiger partial charge in [-0.3, -0.25) is 4.79 Å². The number of aliphatic carboxylic acids is 1. The number of fused-ring (bicyclic) bond motifs is 1. The molecule has 0 spiro atoms. The van der Waals surface area contributed by atoms with E-state index >= 15 is 0 Å². The lowest BCUT2D eigenvalue weighted by molar-refractivity contribution is -0.137. The van der Waals surface area contributed by atoms with Crippen LogP contribution in [-0.4, -0.2) is 25.7 Å². The van der Waals surface area contributed by atoms with Crippen molar-refractivity contribution in [3.05, 3.63) is 29.2 Å². The molecule has 0 amide bonds. The van der Waals surface area contributed by atoms with Crippen LogP contribution in [0.25, 0.3) is 5.65 Å². The van der Waals surface area contributed by atoms with Crippen molar-refractivity contribution in [1.82, 2.24) is 14.6 Å². The Hall–Kier alpha value is -1.62. The zero-order chi connectivity index (χ0) is 11.7. The Morgan fingerprint density at radius 3 is 3.06 bits per heavy atom. The minimum atomic E-state index is -0.867. The van der Waals surface area contributed by atoms with Crippen LogP contribution in [0.15, 0.2) is 18.3 Å². The van der Waals surface area contributed by atoms with E-state index in [2.05, 4.69) is 10.1 Å². The van der Waals surface area contributed by atoms with E-state index in [1.807, 2.05) is 0 Å².